The summed E-state index contributed by atoms with van der Waals surface area (Å²) in [5.41, 5.74) is 0.965. The molecule has 0 aliphatic heterocycles. The molecule has 130 valence electrons. The van der Waals surface area contributed by atoms with Crippen molar-refractivity contribution in [1.29, 1.82) is 0 Å². The maximum Gasteiger partial charge on any atom is 1.00 e. The van der Waals surface area contributed by atoms with E-state index in [1.807, 2.05) is 0 Å². The molecule has 7 nitrogen and oxygen atoms in total. The van der Waals surface area contributed by atoms with Crippen LogP contribution in [0.25, 0.3) is 0 Å². The van der Waals surface area contributed by atoms with Gasteiger partial charge in [-0.1, -0.05) is 12.1 Å². The molecule has 24 heavy (non-hydrogen) atoms. The molecule has 1 atom stereocenters. The summed E-state index contributed by atoms with van der Waals surface area (Å²) >= 11 is 0. The smallest absolute Gasteiger partial charge is 0.778 e. The summed E-state index contributed by atoms with van der Waals surface area (Å²) in [7, 11) is -3.82. The Bertz CT molecular complexity index is 539. The van der Waals surface area contributed by atoms with E-state index in [1.54, 1.807) is 31.2 Å². The molecule has 0 spiro atoms. The second-order valence-corrected chi connectivity index (χ2v) is 6.90. The quantitative estimate of drug-likeness (QED) is 0.314. The Labute approximate surface area is 164 Å². The predicted molar refractivity (Wildman–Crippen MR) is 83.9 cm³/mol. The third kappa shape index (κ3) is 9.79. The molecule has 0 fully saturated rings. The Morgan fingerprint density at radius 3 is 2.50 bits per heavy atom. The van der Waals surface area contributed by atoms with Crippen LogP contribution in [-0.4, -0.2) is 42.0 Å². The Hall–Kier alpha value is -0.400. The summed E-state index contributed by atoms with van der Waals surface area (Å²) < 4.78 is 16.1. The van der Waals surface area contributed by atoms with Crippen molar-refractivity contribution >= 4 is 13.5 Å². The first kappa shape index (κ1) is 23.6. The van der Waals surface area contributed by atoms with Crippen molar-refractivity contribution in [3.63, 3.8) is 0 Å². The number of hydroxylamine groups is 2. The van der Waals surface area contributed by atoms with Crippen LogP contribution in [0.2, 0.25) is 0 Å². The fourth-order valence-corrected chi connectivity index (χ4v) is 2.97. The molecule has 0 aliphatic rings. The van der Waals surface area contributed by atoms with Gasteiger partial charge in [0.15, 0.2) is 0 Å². The number of nitrogens with zero attached hydrogens (tertiary/aromatic N) is 1. The van der Waals surface area contributed by atoms with Crippen LogP contribution < -0.4 is 34.5 Å². The third-order valence-corrected chi connectivity index (χ3v) is 4.56. The SMILES string of the molecule is CCOP(=O)([O-])CCCN(OCCc1ccc(O)cc1)C(C)=O.[Na+]. The maximum absolute atomic E-state index is 11.5. The van der Waals surface area contributed by atoms with E-state index < -0.39 is 7.60 Å². The molecule has 1 unspecified atom stereocenters. The monoisotopic (exact) mass is 367 g/mol. The molecule has 0 heterocycles. The number of phenolic OH excluding ortho intramolecular Hbond substituents is 1. The first-order chi connectivity index (χ1) is 10.8. The van der Waals surface area contributed by atoms with Crippen molar-refractivity contribution in [2.75, 3.05) is 25.9 Å². The van der Waals surface area contributed by atoms with E-state index >= 15 is 0 Å². The number of aromatic hydroxyl groups is 1. The number of rotatable bonds is 10. The van der Waals surface area contributed by atoms with Crippen LogP contribution >= 0.6 is 7.60 Å². The number of phenols is 1. The number of hydrogen-bond donors (Lipinski definition) is 1. The Kier molecular flexibility index (Phi) is 11.8. The summed E-state index contributed by atoms with van der Waals surface area (Å²) in [6, 6.07) is 6.70. The minimum atomic E-state index is -3.82. The number of benzene rings is 1. The molecule has 1 rings (SSSR count). The van der Waals surface area contributed by atoms with Crippen LogP contribution in [0.15, 0.2) is 24.3 Å². The summed E-state index contributed by atoms with van der Waals surface area (Å²) in [6.07, 6.45) is 0.689. The second-order valence-electron chi connectivity index (χ2n) is 4.98. The molecule has 0 saturated heterocycles. The van der Waals surface area contributed by atoms with Gasteiger partial charge >= 0.3 is 29.6 Å². The van der Waals surface area contributed by atoms with Gasteiger partial charge in [-0.3, -0.25) is 9.63 Å². The topological polar surface area (TPSA) is 99.1 Å². The zero-order chi connectivity index (χ0) is 17.3. The van der Waals surface area contributed by atoms with E-state index in [9.17, 15) is 19.4 Å². The van der Waals surface area contributed by atoms with E-state index in [0.29, 0.717) is 6.42 Å². The summed E-state index contributed by atoms with van der Waals surface area (Å²) in [6.45, 7) is 3.55. The van der Waals surface area contributed by atoms with Crippen molar-refractivity contribution < 1.29 is 58.3 Å². The van der Waals surface area contributed by atoms with Gasteiger partial charge in [0.25, 0.3) is 0 Å². The average Bonchev–Trinajstić information content (AvgIpc) is 2.47. The fraction of sp³-hybridized carbons (Fsp3) is 0.533. The molecular formula is C15H23NNaO6P. The van der Waals surface area contributed by atoms with Gasteiger partial charge in [0.05, 0.1) is 13.2 Å². The van der Waals surface area contributed by atoms with Crippen LogP contribution in [0, 0.1) is 0 Å². The number of amides is 1. The fourth-order valence-electron chi connectivity index (χ4n) is 1.92. The molecule has 1 N–H and O–H groups in total. The summed E-state index contributed by atoms with van der Waals surface area (Å²) in [5.74, 6) is -0.0933. The molecule has 0 aromatic heterocycles. The first-order valence-corrected chi connectivity index (χ1v) is 9.20. The van der Waals surface area contributed by atoms with Crippen LogP contribution in [0.5, 0.6) is 5.75 Å². The average molecular weight is 367 g/mol. The molecule has 0 saturated carbocycles. The normalized spacial score (nSPS) is 13.0. The van der Waals surface area contributed by atoms with Crippen LogP contribution in [-0.2, 0) is 25.1 Å². The molecule has 9 heteroatoms. The van der Waals surface area contributed by atoms with Gasteiger partial charge in [-0.25, -0.2) is 5.06 Å². The standard InChI is InChI=1S/C15H24NO6P.Na/c1-3-22-23(19,20)12-4-10-16(13(2)17)21-11-9-14-5-7-15(18)8-6-14;/h5-8,18H,3-4,9-12H2,1-2H3,(H,19,20);/q;+1/p-1. The van der Waals surface area contributed by atoms with E-state index in [4.69, 9.17) is 4.84 Å². The van der Waals surface area contributed by atoms with Gasteiger partial charge in [0, 0.05) is 19.6 Å². The van der Waals surface area contributed by atoms with Gasteiger partial charge in [-0.05, 0) is 37.5 Å². The maximum atomic E-state index is 11.5. The van der Waals surface area contributed by atoms with Crippen molar-refractivity contribution in [2.24, 2.45) is 0 Å². The van der Waals surface area contributed by atoms with Gasteiger partial charge < -0.3 is 19.1 Å². The van der Waals surface area contributed by atoms with E-state index in [2.05, 4.69) is 4.52 Å². The Morgan fingerprint density at radius 1 is 1.33 bits per heavy atom. The molecule has 0 bridgehead atoms. The minimum absolute atomic E-state index is 0. The Balaban J connectivity index is 0.00000529. The van der Waals surface area contributed by atoms with Crippen molar-refractivity contribution in [1.82, 2.24) is 5.06 Å². The van der Waals surface area contributed by atoms with Crippen LogP contribution in [0.4, 0.5) is 0 Å². The zero-order valence-corrected chi connectivity index (χ0v) is 17.3. The van der Waals surface area contributed by atoms with Gasteiger partial charge in [0.2, 0.25) is 5.91 Å². The summed E-state index contributed by atoms with van der Waals surface area (Å²) in [5, 5.41) is 10.4. The van der Waals surface area contributed by atoms with E-state index in [1.165, 1.54) is 6.92 Å². The van der Waals surface area contributed by atoms with Crippen molar-refractivity contribution in [2.45, 2.75) is 26.7 Å². The Morgan fingerprint density at radius 2 is 1.96 bits per heavy atom. The van der Waals surface area contributed by atoms with Gasteiger partial charge in [-0.15, -0.1) is 0 Å². The number of carbonyl (C=O) groups is 1. The van der Waals surface area contributed by atoms with Crippen molar-refractivity contribution in [3.8, 4) is 5.75 Å². The molecular weight excluding hydrogens is 344 g/mol. The van der Waals surface area contributed by atoms with Crippen LogP contribution in [0.3, 0.4) is 0 Å². The number of hydrogen-bond acceptors (Lipinski definition) is 6. The van der Waals surface area contributed by atoms with E-state index in [0.717, 1.165) is 10.6 Å². The summed E-state index contributed by atoms with van der Waals surface area (Å²) in [4.78, 5) is 28.4. The predicted octanol–water partition coefficient (Wildman–Crippen LogP) is -1.30. The zero-order valence-electron chi connectivity index (χ0n) is 14.4. The molecule has 1 aromatic rings. The van der Waals surface area contributed by atoms with E-state index in [-0.39, 0.29) is 73.6 Å². The number of carbonyl (C=O) groups excluding carboxylic acids is 1. The second kappa shape index (κ2) is 12.0. The van der Waals surface area contributed by atoms with Crippen LogP contribution in [0.1, 0.15) is 25.8 Å². The molecule has 1 amide bonds. The van der Waals surface area contributed by atoms with Gasteiger partial charge in [-0.2, -0.15) is 0 Å². The van der Waals surface area contributed by atoms with Gasteiger partial charge in [0.1, 0.15) is 13.3 Å². The third-order valence-electron chi connectivity index (χ3n) is 3.04. The van der Waals surface area contributed by atoms with Crippen molar-refractivity contribution in [3.05, 3.63) is 29.8 Å². The first-order valence-electron chi connectivity index (χ1n) is 7.47. The molecule has 1 aromatic carbocycles. The largest absolute Gasteiger partial charge is 1.00 e. The molecule has 0 aliphatic carbocycles. The minimum Gasteiger partial charge on any atom is -0.778 e. The molecule has 0 radical (unpaired) electrons.